The number of carboxylic acids is 2. The number of anilines is 1. The van der Waals surface area contributed by atoms with Crippen molar-refractivity contribution in [2.45, 2.75) is 32.1 Å². The lowest BCUT2D eigenvalue weighted by Gasteiger charge is -2.12. The van der Waals surface area contributed by atoms with E-state index in [1.54, 1.807) is 13.4 Å². The molecule has 0 fully saturated rings. The van der Waals surface area contributed by atoms with Crippen LogP contribution in [0.3, 0.4) is 0 Å². The number of methoxy groups -OCH3 is 1. The van der Waals surface area contributed by atoms with Gasteiger partial charge in [-0.3, -0.25) is 0 Å². The molecule has 0 unspecified atom stereocenters. The molecule has 9 heteroatoms. The zero-order chi connectivity index (χ0) is 21.5. The Bertz CT molecular complexity index is 1020. The molecule has 0 saturated heterocycles. The van der Waals surface area contributed by atoms with Crippen LogP contribution in [0.4, 0.5) is 5.82 Å². The fraction of sp³-hybridized carbons (Fsp3) is 0.333. The normalized spacial score (nSPS) is 12.4. The van der Waals surface area contributed by atoms with E-state index >= 15 is 0 Å². The van der Waals surface area contributed by atoms with Crippen LogP contribution in [0.5, 0.6) is 5.75 Å². The van der Waals surface area contributed by atoms with Gasteiger partial charge < -0.3 is 20.3 Å². The number of rotatable bonds is 5. The summed E-state index contributed by atoms with van der Waals surface area (Å²) in [7, 11) is 1.69. The first-order chi connectivity index (χ1) is 14.5. The van der Waals surface area contributed by atoms with Crippen molar-refractivity contribution in [1.82, 2.24) is 9.97 Å². The molecular weight excluding hydrogens is 406 g/mol. The van der Waals surface area contributed by atoms with E-state index in [0.717, 1.165) is 35.8 Å². The van der Waals surface area contributed by atoms with E-state index in [-0.39, 0.29) is 0 Å². The second-order valence-electron chi connectivity index (χ2n) is 6.75. The average Bonchev–Trinajstić information content (AvgIpc) is 3.14. The number of benzene rings is 1. The second kappa shape index (κ2) is 10.0. The largest absolute Gasteiger partial charge is 0.497 e. The predicted molar refractivity (Wildman–Crippen MR) is 115 cm³/mol. The average molecular weight is 429 g/mol. The van der Waals surface area contributed by atoms with Crippen molar-refractivity contribution < 1.29 is 24.5 Å². The Labute approximate surface area is 177 Å². The van der Waals surface area contributed by atoms with Gasteiger partial charge >= 0.3 is 11.9 Å². The summed E-state index contributed by atoms with van der Waals surface area (Å²) < 4.78 is 5.20. The van der Waals surface area contributed by atoms with Crippen molar-refractivity contribution in [2.24, 2.45) is 0 Å². The summed E-state index contributed by atoms with van der Waals surface area (Å²) in [5.41, 5.74) is 2.77. The molecule has 8 nitrogen and oxygen atoms in total. The summed E-state index contributed by atoms with van der Waals surface area (Å²) in [5, 5.41) is 19.6. The van der Waals surface area contributed by atoms with E-state index in [9.17, 15) is 0 Å². The van der Waals surface area contributed by atoms with Crippen molar-refractivity contribution in [3.8, 4) is 5.75 Å². The van der Waals surface area contributed by atoms with Crippen LogP contribution < -0.4 is 10.1 Å². The van der Waals surface area contributed by atoms with Crippen LogP contribution in [0.15, 0.2) is 30.6 Å². The molecular formula is C21H23N3O5S. The topological polar surface area (TPSA) is 122 Å². The number of hydrogen-bond acceptors (Lipinski definition) is 7. The highest BCUT2D eigenvalue weighted by atomic mass is 32.1. The lowest BCUT2D eigenvalue weighted by molar-refractivity contribution is -0.159. The maximum atomic E-state index is 9.10. The number of hydrogen-bond donors (Lipinski definition) is 3. The third-order valence-electron chi connectivity index (χ3n) is 4.80. The molecule has 1 aliphatic carbocycles. The van der Waals surface area contributed by atoms with E-state index in [0.29, 0.717) is 0 Å². The summed E-state index contributed by atoms with van der Waals surface area (Å²) in [6.07, 6.45) is 7.58. The molecule has 0 spiro atoms. The van der Waals surface area contributed by atoms with Gasteiger partial charge in [-0.05, 0) is 55.4 Å². The maximum absolute atomic E-state index is 9.10. The fourth-order valence-electron chi connectivity index (χ4n) is 3.34. The van der Waals surface area contributed by atoms with Crippen molar-refractivity contribution in [2.75, 3.05) is 19.0 Å². The van der Waals surface area contributed by atoms with Gasteiger partial charge in [-0.15, -0.1) is 11.3 Å². The van der Waals surface area contributed by atoms with Crippen LogP contribution in [-0.4, -0.2) is 45.8 Å². The third kappa shape index (κ3) is 5.24. The smallest absolute Gasteiger partial charge is 0.414 e. The van der Waals surface area contributed by atoms with Crippen molar-refractivity contribution in [3.63, 3.8) is 0 Å². The highest BCUT2D eigenvalue weighted by Gasteiger charge is 2.19. The number of aromatic nitrogens is 2. The van der Waals surface area contributed by atoms with Crippen LogP contribution in [0.2, 0.25) is 0 Å². The first-order valence-corrected chi connectivity index (χ1v) is 10.4. The number of fused-ring (bicyclic) bond motifs is 3. The molecule has 2 aromatic heterocycles. The van der Waals surface area contributed by atoms with Crippen LogP contribution in [0.25, 0.3) is 10.2 Å². The Kier molecular flexibility index (Phi) is 7.18. The molecule has 0 aliphatic heterocycles. The monoisotopic (exact) mass is 429 g/mol. The van der Waals surface area contributed by atoms with E-state index in [1.807, 2.05) is 23.5 Å². The molecule has 0 saturated carbocycles. The number of aliphatic carboxylic acids is 2. The molecule has 3 aromatic rings. The molecule has 30 heavy (non-hydrogen) atoms. The van der Waals surface area contributed by atoms with Crippen LogP contribution in [0.1, 0.15) is 28.8 Å². The van der Waals surface area contributed by atoms with Gasteiger partial charge in [-0.1, -0.05) is 12.1 Å². The van der Waals surface area contributed by atoms with E-state index in [2.05, 4.69) is 27.4 Å². The molecule has 1 aromatic carbocycles. The van der Waals surface area contributed by atoms with E-state index in [4.69, 9.17) is 24.5 Å². The minimum absolute atomic E-state index is 0.864. The Morgan fingerprint density at radius 3 is 2.47 bits per heavy atom. The second-order valence-corrected chi connectivity index (χ2v) is 7.83. The minimum Gasteiger partial charge on any atom is -0.497 e. The summed E-state index contributed by atoms with van der Waals surface area (Å²) in [5.74, 6) is -1.76. The summed E-state index contributed by atoms with van der Waals surface area (Å²) in [6.45, 7) is 0.864. The minimum atomic E-state index is -1.82. The molecule has 3 N–H and O–H groups in total. The van der Waals surface area contributed by atoms with Crippen LogP contribution in [-0.2, 0) is 28.9 Å². The molecule has 0 amide bonds. The Morgan fingerprint density at radius 1 is 1.10 bits per heavy atom. The first kappa shape index (κ1) is 21.5. The fourth-order valence-corrected chi connectivity index (χ4v) is 4.57. The molecule has 158 valence electrons. The first-order valence-electron chi connectivity index (χ1n) is 9.58. The number of nitrogens with one attached hydrogen (secondary N) is 1. The molecule has 1 aliphatic rings. The van der Waals surface area contributed by atoms with Crippen LogP contribution >= 0.6 is 11.3 Å². The molecule has 0 bridgehead atoms. The number of thiophene rings is 1. The molecule has 0 atom stereocenters. The maximum Gasteiger partial charge on any atom is 0.414 e. The molecule has 4 rings (SSSR count). The number of carbonyl (C=O) groups is 2. The quantitative estimate of drug-likeness (QED) is 0.528. The van der Waals surface area contributed by atoms with E-state index < -0.39 is 11.9 Å². The molecule has 0 radical (unpaired) electrons. The van der Waals surface area contributed by atoms with E-state index in [1.165, 1.54) is 40.7 Å². The summed E-state index contributed by atoms with van der Waals surface area (Å²) >= 11 is 1.84. The van der Waals surface area contributed by atoms with Crippen molar-refractivity contribution >= 4 is 39.3 Å². The number of ether oxygens (including phenoxy) is 1. The van der Waals surface area contributed by atoms with Crippen molar-refractivity contribution in [1.29, 1.82) is 0 Å². The standard InChI is InChI=1S/C19H21N3OS.C2H2O4/c1-23-14-8-6-13(7-9-14)10-11-20-18-17-15-4-2-3-5-16(15)24-19(17)22-12-21-18;3-1(4)2(5)6/h6-9,12H,2-5,10-11H2,1H3,(H,20,21,22);(H,3,4)(H,5,6). The highest BCUT2D eigenvalue weighted by molar-refractivity contribution is 7.19. The number of nitrogens with zero attached hydrogens (tertiary/aromatic N) is 2. The van der Waals surface area contributed by atoms with Gasteiger partial charge in [-0.2, -0.15) is 0 Å². The van der Waals surface area contributed by atoms with Gasteiger partial charge in [0.1, 0.15) is 22.7 Å². The van der Waals surface area contributed by atoms with Crippen LogP contribution in [0, 0.1) is 0 Å². The number of aryl methyl sites for hydroxylation is 2. The number of carboxylic acid groups (broad SMARTS) is 2. The Morgan fingerprint density at radius 2 is 1.80 bits per heavy atom. The summed E-state index contributed by atoms with van der Waals surface area (Å²) in [4.78, 5) is 29.8. The lowest BCUT2D eigenvalue weighted by Crippen LogP contribution is -2.09. The lowest BCUT2D eigenvalue weighted by atomic mass is 9.97. The summed E-state index contributed by atoms with van der Waals surface area (Å²) in [6, 6.07) is 8.24. The zero-order valence-corrected chi connectivity index (χ0v) is 17.4. The van der Waals surface area contributed by atoms with Gasteiger partial charge in [0.05, 0.1) is 12.5 Å². The van der Waals surface area contributed by atoms with Gasteiger partial charge in [-0.25, -0.2) is 19.6 Å². The SMILES string of the molecule is COc1ccc(CCNc2ncnc3sc4c(c23)CCCC4)cc1.O=C(O)C(=O)O. The third-order valence-corrected chi connectivity index (χ3v) is 6.00. The Balaban J connectivity index is 0.000000377. The van der Waals surface area contributed by atoms with Gasteiger partial charge in [0.2, 0.25) is 0 Å². The molecule has 2 heterocycles. The predicted octanol–water partition coefficient (Wildman–Crippen LogP) is 3.39. The van der Waals surface area contributed by atoms with Crippen molar-refractivity contribution in [3.05, 3.63) is 46.6 Å². The Hall–Kier alpha value is -3.20. The van der Waals surface area contributed by atoms with Gasteiger partial charge in [0, 0.05) is 11.4 Å². The van der Waals surface area contributed by atoms with Gasteiger partial charge in [0.15, 0.2) is 0 Å². The van der Waals surface area contributed by atoms with Gasteiger partial charge in [0.25, 0.3) is 0 Å². The zero-order valence-electron chi connectivity index (χ0n) is 16.6. The highest BCUT2D eigenvalue weighted by Crippen LogP contribution is 2.38.